The summed E-state index contributed by atoms with van der Waals surface area (Å²) >= 11 is 0. The molecule has 0 fully saturated rings. The molecular weight excluding hydrogens is 182 g/mol. The maximum atomic E-state index is 5.61. The Labute approximate surface area is 86.3 Å². The molecule has 86 valence electrons. The first kappa shape index (κ1) is 13.8. The average Bonchev–Trinajstić information content (AvgIpc) is 2.11. The molecule has 0 saturated heterocycles. The van der Waals surface area contributed by atoms with Gasteiger partial charge in [0, 0.05) is 13.6 Å². The van der Waals surface area contributed by atoms with E-state index in [2.05, 4.69) is 0 Å². The molecule has 14 heavy (non-hydrogen) atoms. The maximum Gasteiger partial charge on any atom is 0.122 e. The van der Waals surface area contributed by atoms with Crippen molar-refractivity contribution in [3.63, 3.8) is 0 Å². The Kier molecular flexibility index (Phi) is 7.04. The molecule has 0 aromatic heterocycles. The van der Waals surface area contributed by atoms with Crippen LogP contribution in [0.2, 0.25) is 0 Å². The molecule has 0 atom stereocenters. The third-order valence-electron chi connectivity index (χ3n) is 1.81. The van der Waals surface area contributed by atoms with Crippen molar-refractivity contribution in [2.75, 3.05) is 33.5 Å². The quantitative estimate of drug-likeness (QED) is 0.428. The van der Waals surface area contributed by atoms with Crippen LogP contribution in [-0.2, 0) is 9.57 Å². The monoisotopic (exact) mass is 205 g/mol. The van der Waals surface area contributed by atoms with Gasteiger partial charge in [-0.1, -0.05) is 0 Å². The number of hydroxylamine groups is 2. The highest BCUT2D eigenvalue weighted by molar-refractivity contribution is 4.67. The molecule has 0 rings (SSSR count). The highest BCUT2D eigenvalue weighted by atomic mass is 16.7. The van der Waals surface area contributed by atoms with E-state index in [1.807, 2.05) is 20.9 Å². The molecule has 0 aliphatic carbocycles. The number of nitrogens with two attached hydrogens (primary N) is 2. The van der Waals surface area contributed by atoms with Crippen LogP contribution in [0.15, 0.2) is 0 Å². The van der Waals surface area contributed by atoms with Gasteiger partial charge in [-0.2, -0.15) is 5.06 Å². The van der Waals surface area contributed by atoms with Crippen molar-refractivity contribution in [3.8, 4) is 0 Å². The molecule has 0 aliphatic heterocycles. The van der Waals surface area contributed by atoms with E-state index in [-0.39, 0.29) is 5.60 Å². The van der Waals surface area contributed by atoms with Gasteiger partial charge in [-0.25, -0.2) is 0 Å². The third-order valence-corrected chi connectivity index (χ3v) is 1.81. The van der Waals surface area contributed by atoms with Crippen LogP contribution >= 0.6 is 0 Å². The third kappa shape index (κ3) is 7.23. The lowest BCUT2D eigenvalue weighted by molar-refractivity contribution is -0.214. The van der Waals surface area contributed by atoms with E-state index in [1.165, 1.54) is 0 Å². The Hall–Kier alpha value is -0.200. The van der Waals surface area contributed by atoms with Gasteiger partial charge in [-0.3, -0.25) is 4.84 Å². The molecule has 0 unspecified atom stereocenters. The van der Waals surface area contributed by atoms with E-state index in [9.17, 15) is 0 Å². The Morgan fingerprint density at radius 2 is 1.86 bits per heavy atom. The summed E-state index contributed by atoms with van der Waals surface area (Å²) in [6.45, 7) is 6.09. The van der Waals surface area contributed by atoms with E-state index in [0.717, 1.165) is 6.42 Å². The van der Waals surface area contributed by atoms with Gasteiger partial charge < -0.3 is 16.2 Å². The first-order valence-corrected chi connectivity index (χ1v) is 4.90. The molecule has 0 aliphatic rings. The number of hydrogen-bond donors (Lipinski definition) is 2. The molecule has 0 radical (unpaired) electrons. The molecule has 4 N–H and O–H groups in total. The second kappa shape index (κ2) is 7.14. The fourth-order valence-electron chi connectivity index (χ4n) is 0.931. The van der Waals surface area contributed by atoms with Crippen LogP contribution in [0.1, 0.15) is 20.3 Å². The topological polar surface area (TPSA) is 73.7 Å². The van der Waals surface area contributed by atoms with Gasteiger partial charge in [-0.05, 0) is 26.8 Å². The summed E-state index contributed by atoms with van der Waals surface area (Å²) in [7, 11) is 1.81. The lowest BCUT2D eigenvalue weighted by atomic mass is 10.1. The summed E-state index contributed by atoms with van der Waals surface area (Å²) in [5.41, 5.74) is 10.6. The standard InChI is InChI=1S/C9H23N3O2/c1-9(2,4-5-10)13-8-12(3)14-7-6-11/h4-8,10-11H2,1-3H3. The molecule has 5 nitrogen and oxygen atoms in total. The van der Waals surface area contributed by atoms with E-state index in [0.29, 0.717) is 26.4 Å². The zero-order valence-electron chi connectivity index (χ0n) is 9.45. The number of nitrogens with zero attached hydrogens (tertiary/aromatic N) is 1. The Balaban J connectivity index is 3.58. The smallest absolute Gasteiger partial charge is 0.122 e. The van der Waals surface area contributed by atoms with Crippen LogP contribution in [-0.4, -0.2) is 44.1 Å². The minimum absolute atomic E-state index is 0.199. The predicted molar refractivity (Wildman–Crippen MR) is 56.5 cm³/mol. The van der Waals surface area contributed by atoms with Gasteiger partial charge in [0.2, 0.25) is 0 Å². The van der Waals surface area contributed by atoms with Gasteiger partial charge >= 0.3 is 0 Å². The molecule has 0 heterocycles. The fraction of sp³-hybridized carbons (Fsp3) is 1.00. The second-order valence-electron chi connectivity index (χ2n) is 3.82. The van der Waals surface area contributed by atoms with Crippen LogP contribution in [0.25, 0.3) is 0 Å². The molecule has 0 aromatic rings. The van der Waals surface area contributed by atoms with E-state index in [1.54, 1.807) is 5.06 Å². The molecule has 0 spiro atoms. The van der Waals surface area contributed by atoms with E-state index >= 15 is 0 Å². The minimum Gasteiger partial charge on any atom is -0.358 e. The zero-order valence-corrected chi connectivity index (χ0v) is 9.45. The highest BCUT2D eigenvalue weighted by Crippen LogP contribution is 2.13. The van der Waals surface area contributed by atoms with Crippen LogP contribution in [0.3, 0.4) is 0 Å². The Bertz CT molecular complexity index is 142. The average molecular weight is 205 g/mol. The largest absolute Gasteiger partial charge is 0.358 e. The number of ether oxygens (including phenoxy) is 1. The van der Waals surface area contributed by atoms with Gasteiger partial charge in [0.1, 0.15) is 6.73 Å². The van der Waals surface area contributed by atoms with Crippen molar-refractivity contribution in [1.29, 1.82) is 0 Å². The van der Waals surface area contributed by atoms with Crippen molar-refractivity contribution in [2.45, 2.75) is 25.9 Å². The lowest BCUT2D eigenvalue weighted by Gasteiger charge is -2.27. The normalized spacial score (nSPS) is 12.4. The van der Waals surface area contributed by atoms with Crippen LogP contribution in [0.5, 0.6) is 0 Å². The first-order valence-electron chi connectivity index (χ1n) is 4.90. The summed E-state index contributed by atoms with van der Waals surface area (Å²) < 4.78 is 5.61. The van der Waals surface area contributed by atoms with Crippen molar-refractivity contribution < 1.29 is 9.57 Å². The summed E-state index contributed by atoms with van der Waals surface area (Å²) in [6, 6.07) is 0. The molecule has 5 heteroatoms. The molecule has 0 amide bonds. The summed E-state index contributed by atoms with van der Waals surface area (Å²) in [5, 5.41) is 1.63. The molecule has 0 bridgehead atoms. The van der Waals surface area contributed by atoms with E-state index in [4.69, 9.17) is 21.0 Å². The van der Waals surface area contributed by atoms with Crippen molar-refractivity contribution >= 4 is 0 Å². The highest BCUT2D eigenvalue weighted by Gasteiger charge is 2.17. The predicted octanol–water partition coefficient (Wildman–Crippen LogP) is -0.0900. The van der Waals surface area contributed by atoms with Crippen molar-refractivity contribution in [3.05, 3.63) is 0 Å². The van der Waals surface area contributed by atoms with Gasteiger partial charge in [0.05, 0.1) is 12.2 Å². The van der Waals surface area contributed by atoms with Gasteiger partial charge in [0.15, 0.2) is 0 Å². The molecular formula is C9H23N3O2. The van der Waals surface area contributed by atoms with Crippen molar-refractivity contribution in [1.82, 2.24) is 5.06 Å². The summed E-state index contributed by atoms with van der Waals surface area (Å²) in [4.78, 5) is 5.22. The first-order chi connectivity index (χ1) is 6.52. The summed E-state index contributed by atoms with van der Waals surface area (Å²) in [6.07, 6.45) is 0.831. The van der Waals surface area contributed by atoms with Crippen molar-refractivity contribution in [2.24, 2.45) is 11.5 Å². The van der Waals surface area contributed by atoms with Crippen LogP contribution in [0.4, 0.5) is 0 Å². The van der Waals surface area contributed by atoms with Gasteiger partial charge in [-0.15, -0.1) is 0 Å². The Morgan fingerprint density at radius 3 is 2.36 bits per heavy atom. The zero-order chi connectivity index (χ0) is 11.0. The minimum atomic E-state index is -0.199. The number of hydrogen-bond acceptors (Lipinski definition) is 5. The Morgan fingerprint density at radius 1 is 1.21 bits per heavy atom. The maximum absolute atomic E-state index is 5.61. The van der Waals surface area contributed by atoms with Crippen LogP contribution in [0, 0.1) is 0 Å². The molecule has 0 aromatic carbocycles. The fourth-order valence-corrected chi connectivity index (χ4v) is 0.931. The molecule has 0 saturated carbocycles. The van der Waals surface area contributed by atoms with E-state index < -0.39 is 0 Å². The van der Waals surface area contributed by atoms with Gasteiger partial charge in [0.25, 0.3) is 0 Å². The summed E-state index contributed by atoms with van der Waals surface area (Å²) in [5.74, 6) is 0. The number of rotatable bonds is 8. The van der Waals surface area contributed by atoms with Crippen LogP contribution < -0.4 is 11.5 Å². The second-order valence-corrected chi connectivity index (χ2v) is 3.82. The SMILES string of the molecule is CN(COC(C)(C)CCN)OCCN. The lowest BCUT2D eigenvalue weighted by Crippen LogP contribution is -2.34.